The first-order valence-electron chi connectivity index (χ1n) is 9.40. The Morgan fingerprint density at radius 2 is 2.11 bits per heavy atom. The normalized spacial score (nSPS) is 15.2. The maximum atomic E-state index is 8.85. The Bertz CT molecular complexity index is 985. The molecule has 3 aromatic rings. The SMILES string of the molecule is Cn1cc(-c2cnc3c(c2)NC[C@H](CNCCc2ccc(C#N)cc2)N3)cn1. The van der Waals surface area contributed by atoms with E-state index in [1.165, 1.54) is 5.56 Å². The predicted molar refractivity (Wildman–Crippen MR) is 110 cm³/mol. The summed E-state index contributed by atoms with van der Waals surface area (Å²) in [5, 5.41) is 23.5. The molecule has 0 unspecified atom stereocenters. The molecule has 2 aromatic heterocycles. The average Bonchev–Trinajstić information content (AvgIpc) is 3.17. The van der Waals surface area contributed by atoms with Gasteiger partial charge in [-0.3, -0.25) is 4.68 Å². The quantitative estimate of drug-likeness (QED) is 0.575. The van der Waals surface area contributed by atoms with Crippen LogP contribution in [0.5, 0.6) is 0 Å². The lowest BCUT2D eigenvalue weighted by molar-refractivity contribution is 0.610. The topological polar surface area (TPSA) is 90.6 Å². The van der Waals surface area contributed by atoms with Gasteiger partial charge in [-0.1, -0.05) is 12.1 Å². The molecule has 142 valence electrons. The van der Waals surface area contributed by atoms with Crippen molar-refractivity contribution in [1.29, 1.82) is 5.26 Å². The summed E-state index contributed by atoms with van der Waals surface area (Å²) in [5.74, 6) is 0.887. The highest BCUT2D eigenvalue weighted by Crippen LogP contribution is 2.29. The number of aryl methyl sites for hydroxylation is 1. The number of nitriles is 1. The van der Waals surface area contributed by atoms with E-state index < -0.39 is 0 Å². The molecule has 1 aliphatic heterocycles. The third-order valence-corrected chi connectivity index (χ3v) is 4.87. The van der Waals surface area contributed by atoms with Crippen molar-refractivity contribution in [2.24, 2.45) is 7.05 Å². The van der Waals surface area contributed by atoms with E-state index in [9.17, 15) is 0 Å². The molecule has 0 saturated carbocycles. The highest BCUT2D eigenvalue weighted by molar-refractivity contribution is 5.75. The zero-order chi connectivity index (χ0) is 19.3. The van der Waals surface area contributed by atoms with Crippen molar-refractivity contribution < 1.29 is 0 Å². The fourth-order valence-electron chi connectivity index (χ4n) is 3.30. The van der Waals surface area contributed by atoms with Crippen LogP contribution in [0.15, 0.2) is 48.9 Å². The van der Waals surface area contributed by atoms with Crippen molar-refractivity contribution in [1.82, 2.24) is 20.1 Å². The van der Waals surface area contributed by atoms with Crippen LogP contribution in [0.25, 0.3) is 11.1 Å². The van der Waals surface area contributed by atoms with Crippen LogP contribution in [0.1, 0.15) is 11.1 Å². The lowest BCUT2D eigenvalue weighted by atomic mass is 10.1. The molecule has 4 rings (SSSR count). The van der Waals surface area contributed by atoms with Crippen LogP contribution in [0, 0.1) is 11.3 Å². The first-order valence-corrected chi connectivity index (χ1v) is 9.40. The van der Waals surface area contributed by atoms with Crippen molar-refractivity contribution in [2.75, 3.05) is 30.3 Å². The fraction of sp³-hybridized carbons (Fsp3) is 0.286. The van der Waals surface area contributed by atoms with Crippen LogP contribution in [0.3, 0.4) is 0 Å². The Balaban J connectivity index is 1.27. The Labute approximate surface area is 164 Å². The second kappa shape index (κ2) is 8.11. The van der Waals surface area contributed by atoms with Gasteiger partial charge < -0.3 is 16.0 Å². The second-order valence-electron chi connectivity index (χ2n) is 7.01. The molecule has 0 fully saturated rings. The van der Waals surface area contributed by atoms with Gasteiger partial charge in [-0.25, -0.2) is 4.98 Å². The standard InChI is InChI=1S/C21H23N7/c1-28-14-18(11-26-28)17-8-20-21(25-10-17)27-19(13-24-20)12-23-7-6-15-2-4-16(9-22)5-3-15/h2-5,8,10-11,14,19,23-24H,6-7,12-13H2,1H3,(H,25,27)/t19-/m0/s1. The van der Waals surface area contributed by atoms with Crippen molar-refractivity contribution in [3.8, 4) is 17.2 Å². The van der Waals surface area contributed by atoms with E-state index in [1.807, 2.05) is 49.9 Å². The van der Waals surface area contributed by atoms with E-state index >= 15 is 0 Å². The van der Waals surface area contributed by atoms with Gasteiger partial charge in [-0.2, -0.15) is 10.4 Å². The molecule has 7 nitrogen and oxygen atoms in total. The van der Waals surface area contributed by atoms with Crippen LogP contribution in [-0.2, 0) is 13.5 Å². The molecule has 0 amide bonds. The number of aromatic nitrogens is 3. The molecule has 3 heterocycles. The molecular formula is C21H23N7. The van der Waals surface area contributed by atoms with Gasteiger partial charge in [0.25, 0.3) is 0 Å². The lowest BCUT2D eigenvalue weighted by Gasteiger charge is -2.28. The lowest BCUT2D eigenvalue weighted by Crippen LogP contribution is -2.41. The summed E-state index contributed by atoms with van der Waals surface area (Å²) >= 11 is 0. The summed E-state index contributed by atoms with van der Waals surface area (Å²) in [5.41, 5.74) is 5.07. The van der Waals surface area contributed by atoms with E-state index in [0.717, 1.165) is 48.7 Å². The van der Waals surface area contributed by atoms with Gasteiger partial charge in [0.05, 0.1) is 29.6 Å². The minimum absolute atomic E-state index is 0.283. The zero-order valence-electron chi connectivity index (χ0n) is 15.8. The van der Waals surface area contributed by atoms with Gasteiger partial charge in [0.15, 0.2) is 0 Å². The van der Waals surface area contributed by atoms with E-state index in [0.29, 0.717) is 5.56 Å². The number of anilines is 2. The molecule has 3 N–H and O–H groups in total. The number of rotatable bonds is 6. The third-order valence-electron chi connectivity index (χ3n) is 4.87. The fourth-order valence-corrected chi connectivity index (χ4v) is 3.30. The van der Waals surface area contributed by atoms with Crippen LogP contribution in [-0.4, -0.2) is 40.4 Å². The molecular weight excluding hydrogens is 350 g/mol. The minimum Gasteiger partial charge on any atom is -0.380 e. The highest BCUT2D eigenvalue weighted by Gasteiger charge is 2.18. The van der Waals surface area contributed by atoms with Gasteiger partial charge >= 0.3 is 0 Å². The molecule has 0 saturated heterocycles. The number of hydrogen-bond acceptors (Lipinski definition) is 6. The summed E-state index contributed by atoms with van der Waals surface area (Å²) in [4.78, 5) is 4.58. The van der Waals surface area contributed by atoms with Crippen LogP contribution in [0.4, 0.5) is 11.5 Å². The number of nitrogens with zero attached hydrogens (tertiary/aromatic N) is 4. The Morgan fingerprint density at radius 3 is 2.86 bits per heavy atom. The van der Waals surface area contributed by atoms with Crippen molar-refractivity contribution in [2.45, 2.75) is 12.5 Å². The average molecular weight is 373 g/mol. The van der Waals surface area contributed by atoms with Gasteiger partial charge in [0.2, 0.25) is 0 Å². The summed E-state index contributed by atoms with van der Waals surface area (Å²) in [6.07, 6.45) is 6.65. The number of pyridine rings is 1. The van der Waals surface area contributed by atoms with Gasteiger partial charge in [0, 0.05) is 43.7 Å². The maximum Gasteiger partial charge on any atom is 0.149 e. The molecule has 1 aromatic carbocycles. The molecule has 0 bridgehead atoms. The zero-order valence-corrected chi connectivity index (χ0v) is 15.8. The highest BCUT2D eigenvalue weighted by atomic mass is 15.2. The van der Waals surface area contributed by atoms with Crippen LogP contribution < -0.4 is 16.0 Å². The molecule has 1 aliphatic rings. The monoisotopic (exact) mass is 373 g/mol. The second-order valence-corrected chi connectivity index (χ2v) is 7.01. The first kappa shape index (κ1) is 18.0. The van der Waals surface area contributed by atoms with E-state index in [1.54, 1.807) is 4.68 Å². The largest absolute Gasteiger partial charge is 0.380 e. The van der Waals surface area contributed by atoms with Gasteiger partial charge in [-0.05, 0) is 36.7 Å². The van der Waals surface area contributed by atoms with E-state index in [4.69, 9.17) is 5.26 Å². The number of fused-ring (bicyclic) bond motifs is 1. The molecule has 28 heavy (non-hydrogen) atoms. The molecule has 0 spiro atoms. The van der Waals surface area contributed by atoms with Crippen LogP contribution >= 0.6 is 0 Å². The third kappa shape index (κ3) is 4.13. The molecule has 0 aliphatic carbocycles. The molecule has 7 heteroatoms. The predicted octanol–water partition coefficient (Wildman–Crippen LogP) is 2.39. The summed E-state index contributed by atoms with van der Waals surface area (Å²) in [6, 6.07) is 12.3. The van der Waals surface area contributed by atoms with Crippen LogP contribution in [0.2, 0.25) is 0 Å². The van der Waals surface area contributed by atoms with Gasteiger partial charge in [-0.15, -0.1) is 0 Å². The summed E-state index contributed by atoms with van der Waals surface area (Å²) < 4.78 is 1.79. The maximum absolute atomic E-state index is 8.85. The number of nitrogens with one attached hydrogen (secondary N) is 3. The summed E-state index contributed by atoms with van der Waals surface area (Å²) in [6.45, 7) is 2.59. The van der Waals surface area contributed by atoms with E-state index in [-0.39, 0.29) is 6.04 Å². The van der Waals surface area contributed by atoms with Crippen molar-refractivity contribution in [3.63, 3.8) is 0 Å². The Morgan fingerprint density at radius 1 is 1.25 bits per heavy atom. The smallest absolute Gasteiger partial charge is 0.149 e. The summed E-state index contributed by atoms with van der Waals surface area (Å²) in [7, 11) is 1.91. The van der Waals surface area contributed by atoms with Crippen molar-refractivity contribution >= 4 is 11.5 Å². The van der Waals surface area contributed by atoms with Crippen molar-refractivity contribution in [3.05, 3.63) is 60.0 Å². The Hall–Kier alpha value is -3.37. The number of hydrogen-bond donors (Lipinski definition) is 3. The van der Waals surface area contributed by atoms with Gasteiger partial charge in [0.1, 0.15) is 5.82 Å². The first-order chi connectivity index (χ1) is 13.7. The van der Waals surface area contributed by atoms with E-state index in [2.05, 4.69) is 38.2 Å². The molecule has 1 atom stereocenters. The molecule has 0 radical (unpaired) electrons. The number of benzene rings is 1. The minimum atomic E-state index is 0.283. The Kier molecular flexibility index (Phi) is 5.22.